The van der Waals surface area contributed by atoms with Crippen molar-refractivity contribution < 1.29 is 14.6 Å². The molecule has 1 aromatic rings. The number of benzene rings is 1. The Morgan fingerprint density at radius 3 is 2.88 bits per heavy atom. The van der Waals surface area contributed by atoms with Gasteiger partial charge in [0.25, 0.3) is 0 Å². The minimum Gasteiger partial charge on any atom is -0.389 e. The third-order valence-electron chi connectivity index (χ3n) is 5.10. The van der Waals surface area contributed by atoms with E-state index < -0.39 is 5.60 Å². The molecule has 1 atom stereocenters. The molecule has 0 bridgehead atoms. The standard InChI is InChI=1S/C19H28N2O3/c1-15-4-2-5-16(12-15)13-19(23)7-9-21(10-8-19)18(22)20-14-17-6-3-11-24-17/h2,4-5,12,17,23H,3,6-11,13-14H2,1H3,(H,20,22)/t17-/m1/s1. The first kappa shape index (κ1) is 17.2. The topological polar surface area (TPSA) is 61.8 Å². The lowest BCUT2D eigenvalue weighted by molar-refractivity contribution is -0.0119. The van der Waals surface area contributed by atoms with Crippen LogP contribution < -0.4 is 5.32 Å². The molecule has 2 aliphatic heterocycles. The number of nitrogens with zero attached hydrogens (tertiary/aromatic N) is 1. The number of aryl methyl sites for hydroxylation is 1. The summed E-state index contributed by atoms with van der Waals surface area (Å²) in [6.45, 7) is 4.65. The number of nitrogens with one attached hydrogen (secondary N) is 1. The van der Waals surface area contributed by atoms with Crippen LogP contribution in [0.3, 0.4) is 0 Å². The van der Waals surface area contributed by atoms with E-state index in [1.807, 2.05) is 6.07 Å². The summed E-state index contributed by atoms with van der Waals surface area (Å²) in [6, 6.07) is 8.24. The van der Waals surface area contributed by atoms with Crippen LogP contribution in [0.1, 0.15) is 36.8 Å². The first-order valence-electron chi connectivity index (χ1n) is 8.96. The van der Waals surface area contributed by atoms with Gasteiger partial charge in [0.05, 0.1) is 11.7 Å². The van der Waals surface area contributed by atoms with Crippen LogP contribution in [-0.4, -0.2) is 54.0 Å². The number of carbonyl (C=O) groups is 1. The van der Waals surface area contributed by atoms with Crippen molar-refractivity contribution in [3.05, 3.63) is 35.4 Å². The monoisotopic (exact) mass is 332 g/mol. The van der Waals surface area contributed by atoms with Gasteiger partial charge >= 0.3 is 6.03 Å². The highest BCUT2D eigenvalue weighted by molar-refractivity contribution is 5.74. The molecule has 2 heterocycles. The van der Waals surface area contributed by atoms with Gasteiger partial charge in [-0.05, 0) is 38.2 Å². The van der Waals surface area contributed by atoms with Crippen molar-refractivity contribution in [3.8, 4) is 0 Å². The average molecular weight is 332 g/mol. The van der Waals surface area contributed by atoms with Crippen LogP contribution in [0.2, 0.25) is 0 Å². The van der Waals surface area contributed by atoms with E-state index in [2.05, 4.69) is 30.4 Å². The summed E-state index contributed by atoms with van der Waals surface area (Å²) in [7, 11) is 0. The highest BCUT2D eigenvalue weighted by Crippen LogP contribution is 2.26. The summed E-state index contributed by atoms with van der Waals surface area (Å²) in [5, 5.41) is 13.8. The fourth-order valence-electron chi connectivity index (χ4n) is 3.62. The summed E-state index contributed by atoms with van der Waals surface area (Å²) < 4.78 is 5.53. The molecule has 0 saturated carbocycles. The Labute approximate surface area is 144 Å². The van der Waals surface area contributed by atoms with E-state index in [9.17, 15) is 9.90 Å². The van der Waals surface area contributed by atoms with E-state index in [0.29, 0.717) is 38.9 Å². The zero-order valence-electron chi connectivity index (χ0n) is 14.5. The molecule has 2 fully saturated rings. The maximum absolute atomic E-state index is 12.2. The predicted molar refractivity (Wildman–Crippen MR) is 93.0 cm³/mol. The van der Waals surface area contributed by atoms with Crippen LogP contribution in [-0.2, 0) is 11.2 Å². The summed E-state index contributed by atoms with van der Waals surface area (Å²) in [5.74, 6) is 0. The van der Waals surface area contributed by atoms with E-state index in [-0.39, 0.29) is 12.1 Å². The summed E-state index contributed by atoms with van der Waals surface area (Å²) in [6.07, 6.45) is 4.16. The normalized spacial score (nSPS) is 23.2. The van der Waals surface area contributed by atoms with Crippen LogP contribution in [0.4, 0.5) is 4.79 Å². The van der Waals surface area contributed by atoms with E-state index >= 15 is 0 Å². The van der Waals surface area contributed by atoms with Gasteiger partial charge < -0.3 is 20.1 Å². The first-order valence-corrected chi connectivity index (χ1v) is 8.96. The molecule has 0 aromatic heterocycles. The number of amides is 2. The van der Waals surface area contributed by atoms with Crippen LogP contribution >= 0.6 is 0 Å². The molecule has 132 valence electrons. The van der Waals surface area contributed by atoms with Crippen molar-refractivity contribution in [1.82, 2.24) is 10.2 Å². The van der Waals surface area contributed by atoms with Crippen molar-refractivity contribution >= 4 is 6.03 Å². The van der Waals surface area contributed by atoms with Crippen LogP contribution in [0.15, 0.2) is 24.3 Å². The number of piperidine rings is 1. The molecule has 0 radical (unpaired) electrons. The van der Waals surface area contributed by atoms with E-state index in [0.717, 1.165) is 25.0 Å². The van der Waals surface area contributed by atoms with Crippen molar-refractivity contribution in [2.75, 3.05) is 26.2 Å². The minimum atomic E-state index is -0.709. The predicted octanol–water partition coefficient (Wildman–Crippen LogP) is 2.25. The number of carbonyl (C=O) groups excluding carboxylic acids is 1. The SMILES string of the molecule is Cc1cccc(CC2(O)CCN(C(=O)NC[C@H]3CCCO3)CC2)c1. The fraction of sp³-hybridized carbons (Fsp3) is 0.632. The molecule has 5 heteroatoms. The third-order valence-corrected chi connectivity index (χ3v) is 5.10. The molecular weight excluding hydrogens is 304 g/mol. The molecule has 5 nitrogen and oxygen atoms in total. The van der Waals surface area contributed by atoms with Crippen LogP contribution in [0.5, 0.6) is 0 Å². The van der Waals surface area contributed by atoms with Gasteiger partial charge in [-0.25, -0.2) is 4.79 Å². The van der Waals surface area contributed by atoms with Gasteiger partial charge in [-0.3, -0.25) is 0 Å². The van der Waals surface area contributed by atoms with Crippen molar-refractivity contribution in [2.24, 2.45) is 0 Å². The zero-order chi connectivity index (χ0) is 17.0. The number of urea groups is 1. The first-order chi connectivity index (χ1) is 11.5. The number of hydrogen-bond acceptors (Lipinski definition) is 3. The molecule has 3 rings (SSSR count). The lowest BCUT2D eigenvalue weighted by atomic mass is 9.85. The lowest BCUT2D eigenvalue weighted by Gasteiger charge is -2.38. The van der Waals surface area contributed by atoms with E-state index in [1.54, 1.807) is 4.90 Å². The highest BCUT2D eigenvalue weighted by Gasteiger charge is 2.34. The summed E-state index contributed by atoms with van der Waals surface area (Å²) in [5.41, 5.74) is 1.66. The molecule has 24 heavy (non-hydrogen) atoms. The van der Waals surface area contributed by atoms with Gasteiger partial charge in [-0.15, -0.1) is 0 Å². The Balaban J connectivity index is 1.46. The Kier molecular flexibility index (Phi) is 5.41. The van der Waals surface area contributed by atoms with E-state index in [4.69, 9.17) is 4.74 Å². The molecule has 0 spiro atoms. The second-order valence-electron chi connectivity index (χ2n) is 7.20. The van der Waals surface area contributed by atoms with Crippen molar-refractivity contribution in [2.45, 2.75) is 50.7 Å². The van der Waals surface area contributed by atoms with E-state index in [1.165, 1.54) is 5.56 Å². The molecule has 2 N–H and O–H groups in total. The van der Waals surface area contributed by atoms with Gasteiger partial charge in [0.1, 0.15) is 0 Å². The maximum atomic E-state index is 12.2. The Morgan fingerprint density at radius 2 is 2.21 bits per heavy atom. The number of likely N-dealkylation sites (tertiary alicyclic amines) is 1. The maximum Gasteiger partial charge on any atom is 0.317 e. The molecule has 2 aliphatic rings. The number of aliphatic hydroxyl groups is 1. The number of hydrogen-bond donors (Lipinski definition) is 2. The van der Waals surface area contributed by atoms with Crippen LogP contribution in [0.25, 0.3) is 0 Å². The lowest BCUT2D eigenvalue weighted by Crippen LogP contribution is -2.51. The van der Waals surface area contributed by atoms with Gasteiger partial charge in [0.15, 0.2) is 0 Å². The zero-order valence-corrected chi connectivity index (χ0v) is 14.5. The minimum absolute atomic E-state index is 0.0388. The summed E-state index contributed by atoms with van der Waals surface area (Å²) in [4.78, 5) is 14.1. The summed E-state index contributed by atoms with van der Waals surface area (Å²) >= 11 is 0. The van der Waals surface area contributed by atoms with Crippen LogP contribution in [0, 0.1) is 6.92 Å². The average Bonchev–Trinajstić information content (AvgIpc) is 3.06. The number of rotatable bonds is 4. The second kappa shape index (κ2) is 7.53. The molecule has 2 saturated heterocycles. The molecular formula is C19H28N2O3. The fourth-order valence-corrected chi connectivity index (χ4v) is 3.62. The largest absolute Gasteiger partial charge is 0.389 e. The number of ether oxygens (including phenoxy) is 1. The molecule has 0 aliphatic carbocycles. The Hall–Kier alpha value is -1.59. The molecule has 2 amide bonds. The highest BCUT2D eigenvalue weighted by atomic mass is 16.5. The Morgan fingerprint density at radius 1 is 1.42 bits per heavy atom. The van der Waals surface area contributed by atoms with Crippen molar-refractivity contribution in [1.29, 1.82) is 0 Å². The molecule has 1 aromatic carbocycles. The third kappa shape index (κ3) is 4.48. The van der Waals surface area contributed by atoms with Gasteiger partial charge in [0, 0.05) is 32.7 Å². The quantitative estimate of drug-likeness (QED) is 0.889. The van der Waals surface area contributed by atoms with Crippen molar-refractivity contribution in [3.63, 3.8) is 0 Å². The van der Waals surface area contributed by atoms with Gasteiger partial charge in [0.2, 0.25) is 0 Å². The second-order valence-corrected chi connectivity index (χ2v) is 7.20. The Bertz CT molecular complexity index is 561. The van der Waals surface area contributed by atoms with Gasteiger partial charge in [-0.1, -0.05) is 29.8 Å². The van der Waals surface area contributed by atoms with Gasteiger partial charge in [-0.2, -0.15) is 0 Å². The smallest absolute Gasteiger partial charge is 0.317 e. The molecule has 0 unspecified atom stereocenters.